The number of carbonyl (C=O) groups excluding carboxylic acids is 2. The van der Waals surface area contributed by atoms with Crippen LogP contribution in [0.25, 0.3) is 22.0 Å². The van der Waals surface area contributed by atoms with Crippen LogP contribution in [-0.4, -0.2) is 40.5 Å². The van der Waals surface area contributed by atoms with Crippen molar-refractivity contribution >= 4 is 23.1 Å². The Morgan fingerprint density at radius 2 is 1.60 bits per heavy atom. The molecule has 3 aromatic carbocycles. The minimum atomic E-state index is -0.618. The molecule has 2 amide bonds. The third-order valence-corrected chi connectivity index (χ3v) is 7.51. The highest BCUT2D eigenvalue weighted by atomic mass is 16.6. The van der Waals surface area contributed by atoms with Gasteiger partial charge in [0.2, 0.25) is 0 Å². The number of amides is 2. The summed E-state index contributed by atoms with van der Waals surface area (Å²) in [5, 5.41) is 6.13. The molecule has 1 aliphatic rings. The van der Waals surface area contributed by atoms with Gasteiger partial charge >= 0.3 is 12.2 Å². The van der Waals surface area contributed by atoms with Crippen LogP contribution in [0.15, 0.2) is 71.5 Å². The number of aromatic nitrogens is 2. The highest BCUT2D eigenvalue weighted by Crippen LogP contribution is 2.44. The second kappa shape index (κ2) is 12.3. The van der Waals surface area contributed by atoms with Gasteiger partial charge in [-0.3, -0.25) is 9.36 Å². The van der Waals surface area contributed by atoms with E-state index >= 15 is 0 Å². The number of carbonyl (C=O) groups is 2. The van der Waals surface area contributed by atoms with E-state index in [1.165, 1.54) is 0 Å². The maximum absolute atomic E-state index is 13.7. The molecule has 0 bridgehead atoms. The SMILES string of the molecule is Cc1cccc2nc([C@H](C)NC(=O)OCC3c4ccccc4-c4ccccc43)n(CCCNC(=O)OC(C)(C)C)c(=O)c12. The lowest BCUT2D eigenvalue weighted by molar-refractivity contribution is 0.0526. The van der Waals surface area contributed by atoms with Crippen molar-refractivity contribution in [1.29, 1.82) is 0 Å². The largest absolute Gasteiger partial charge is 0.449 e. The van der Waals surface area contributed by atoms with Crippen molar-refractivity contribution in [3.05, 3.63) is 99.6 Å². The van der Waals surface area contributed by atoms with Gasteiger partial charge < -0.3 is 20.1 Å². The molecule has 1 atom stereocenters. The van der Waals surface area contributed by atoms with Crippen LogP contribution in [0, 0.1) is 6.92 Å². The third-order valence-electron chi connectivity index (χ3n) is 7.51. The van der Waals surface area contributed by atoms with Crippen LogP contribution in [0.2, 0.25) is 0 Å². The molecule has 4 aromatic rings. The molecule has 0 saturated heterocycles. The fourth-order valence-corrected chi connectivity index (χ4v) is 5.62. The molecule has 0 fully saturated rings. The number of alkyl carbamates (subject to hydrolysis) is 2. The molecule has 0 saturated carbocycles. The van der Waals surface area contributed by atoms with Crippen molar-refractivity contribution in [3.63, 3.8) is 0 Å². The maximum Gasteiger partial charge on any atom is 0.407 e. The Balaban J connectivity index is 1.30. The standard InChI is InChI=1S/C34H38N4O5/c1-21-12-10-17-28-29(21)31(39)38(19-11-18-35-32(40)43-34(3,4)5)30(37-28)22(2)36-33(41)42-20-27-25-15-8-6-13-23(25)24-14-7-9-16-26(24)27/h6-10,12-17,22,27H,11,18-20H2,1-5H3,(H,35,40)(H,36,41)/t22-/m0/s1. The minimum absolute atomic E-state index is 0.0640. The van der Waals surface area contributed by atoms with Crippen molar-refractivity contribution in [2.45, 2.75) is 65.1 Å². The number of ether oxygens (including phenoxy) is 2. The van der Waals surface area contributed by atoms with Crippen LogP contribution in [0.4, 0.5) is 9.59 Å². The summed E-state index contributed by atoms with van der Waals surface area (Å²) in [4.78, 5) is 43.6. The van der Waals surface area contributed by atoms with Crippen LogP contribution in [-0.2, 0) is 16.0 Å². The monoisotopic (exact) mass is 582 g/mol. The Labute approximate surface area is 251 Å². The molecule has 224 valence electrons. The number of fused-ring (bicyclic) bond motifs is 4. The third kappa shape index (κ3) is 6.56. The zero-order valence-corrected chi connectivity index (χ0v) is 25.3. The number of rotatable bonds is 8. The van der Waals surface area contributed by atoms with Crippen molar-refractivity contribution in [3.8, 4) is 11.1 Å². The van der Waals surface area contributed by atoms with Gasteiger partial charge in [0.25, 0.3) is 5.56 Å². The summed E-state index contributed by atoms with van der Waals surface area (Å²) in [5.74, 6) is 0.347. The van der Waals surface area contributed by atoms with E-state index in [0.717, 1.165) is 27.8 Å². The molecule has 2 N–H and O–H groups in total. The van der Waals surface area contributed by atoms with E-state index in [0.29, 0.717) is 29.7 Å². The van der Waals surface area contributed by atoms with Gasteiger partial charge in [0, 0.05) is 19.0 Å². The second-order valence-electron chi connectivity index (χ2n) is 11.9. The predicted molar refractivity (Wildman–Crippen MR) is 166 cm³/mol. The molecule has 1 aromatic heterocycles. The Morgan fingerprint density at radius 3 is 2.26 bits per heavy atom. The zero-order chi connectivity index (χ0) is 30.7. The smallest absolute Gasteiger partial charge is 0.407 e. The fraction of sp³-hybridized carbons (Fsp3) is 0.353. The van der Waals surface area contributed by atoms with E-state index in [9.17, 15) is 14.4 Å². The molecule has 5 rings (SSSR count). The van der Waals surface area contributed by atoms with Gasteiger partial charge in [-0.05, 0) is 74.9 Å². The summed E-state index contributed by atoms with van der Waals surface area (Å²) in [5.41, 5.74) is 5.14. The van der Waals surface area contributed by atoms with Crippen LogP contribution in [0.5, 0.6) is 0 Å². The van der Waals surface area contributed by atoms with Gasteiger partial charge in [0.1, 0.15) is 18.0 Å². The van der Waals surface area contributed by atoms with Gasteiger partial charge in [-0.25, -0.2) is 14.6 Å². The van der Waals surface area contributed by atoms with Gasteiger partial charge in [-0.1, -0.05) is 60.7 Å². The van der Waals surface area contributed by atoms with Crippen molar-refractivity contribution in [1.82, 2.24) is 20.2 Å². The topological polar surface area (TPSA) is 112 Å². The van der Waals surface area contributed by atoms with E-state index in [-0.39, 0.29) is 24.6 Å². The zero-order valence-electron chi connectivity index (χ0n) is 25.3. The quantitative estimate of drug-likeness (QED) is 0.239. The highest BCUT2D eigenvalue weighted by Gasteiger charge is 2.29. The summed E-state index contributed by atoms with van der Waals surface area (Å²) >= 11 is 0. The fourth-order valence-electron chi connectivity index (χ4n) is 5.62. The van der Waals surface area contributed by atoms with Crippen molar-refractivity contribution < 1.29 is 19.1 Å². The van der Waals surface area contributed by atoms with Crippen molar-refractivity contribution in [2.75, 3.05) is 13.2 Å². The minimum Gasteiger partial charge on any atom is -0.449 e. The molecule has 0 spiro atoms. The van der Waals surface area contributed by atoms with Gasteiger partial charge in [0.15, 0.2) is 0 Å². The summed E-state index contributed by atoms with van der Waals surface area (Å²) in [7, 11) is 0. The average Bonchev–Trinajstić information content (AvgIpc) is 3.27. The first-order chi connectivity index (χ1) is 20.5. The number of nitrogens with one attached hydrogen (secondary N) is 2. The second-order valence-corrected chi connectivity index (χ2v) is 11.9. The van der Waals surface area contributed by atoms with Crippen LogP contribution in [0.3, 0.4) is 0 Å². The van der Waals surface area contributed by atoms with Crippen LogP contribution in [0.1, 0.15) is 68.6 Å². The molecule has 1 aliphatic carbocycles. The molecule has 9 nitrogen and oxygen atoms in total. The summed E-state index contributed by atoms with van der Waals surface area (Å²) in [6.45, 7) is 9.82. The Kier molecular flexibility index (Phi) is 8.52. The summed E-state index contributed by atoms with van der Waals surface area (Å²) in [6.07, 6.45) is -0.646. The first-order valence-electron chi connectivity index (χ1n) is 14.6. The maximum atomic E-state index is 13.7. The number of aryl methyl sites for hydroxylation is 1. The van der Waals surface area contributed by atoms with Crippen LogP contribution < -0.4 is 16.2 Å². The Morgan fingerprint density at radius 1 is 0.953 bits per heavy atom. The molecule has 43 heavy (non-hydrogen) atoms. The molecule has 0 radical (unpaired) electrons. The first kappa shape index (κ1) is 29.8. The van der Waals surface area contributed by atoms with Crippen molar-refractivity contribution in [2.24, 2.45) is 0 Å². The lowest BCUT2D eigenvalue weighted by Crippen LogP contribution is -2.36. The number of nitrogens with zero attached hydrogens (tertiary/aromatic N) is 2. The van der Waals surface area contributed by atoms with Gasteiger partial charge in [0.05, 0.1) is 16.9 Å². The Bertz CT molecular complexity index is 1680. The predicted octanol–water partition coefficient (Wildman–Crippen LogP) is 6.22. The summed E-state index contributed by atoms with van der Waals surface area (Å²) < 4.78 is 12.6. The summed E-state index contributed by atoms with van der Waals surface area (Å²) in [6, 6.07) is 21.2. The number of hydrogen-bond acceptors (Lipinski definition) is 6. The molecular weight excluding hydrogens is 544 g/mol. The molecule has 1 heterocycles. The highest BCUT2D eigenvalue weighted by molar-refractivity contribution is 5.81. The van der Waals surface area contributed by atoms with E-state index in [1.807, 2.05) is 43.3 Å². The normalized spacial score (nSPS) is 13.2. The number of hydrogen-bond donors (Lipinski definition) is 2. The first-order valence-corrected chi connectivity index (χ1v) is 14.6. The number of benzene rings is 3. The lowest BCUT2D eigenvalue weighted by Gasteiger charge is -2.21. The average molecular weight is 583 g/mol. The van der Waals surface area contributed by atoms with E-state index in [4.69, 9.17) is 14.5 Å². The molecular formula is C34H38N4O5. The van der Waals surface area contributed by atoms with E-state index in [2.05, 4.69) is 34.9 Å². The molecule has 0 unspecified atom stereocenters. The lowest BCUT2D eigenvalue weighted by atomic mass is 9.98. The van der Waals surface area contributed by atoms with Gasteiger partial charge in [-0.2, -0.15) is 0 Å². The van der Waals surface area contributed by atoms with E-state index < -0.39 is 23.8 Å². The van der Waals surface area contributed by atoms with Crippen LogP contribution >= 0.6 is 0 Å². The van der Waals surface area contributed by atoms with E-state index in [1.54, 1.807) is 38.3 Å². The molecule has 0 aliphatic heterocycles. The Hall–Kier alpha value is -4.66. The van der Waals surface area contributed by atoms with Gasteiger partial charge in [-0.15, -0.1) is 0 Å². The molecule has 9 heteroatoms.